The SMILES string of the molecule is COc1ccc(OC)c(/C=C/C(=O)N2CCC(c3c[nH]c4ccc(OC)cc34)CC2)c1. The zero-order valence-electron chi connectivity index (χ0n) is 18.2. The summed E-state index contributed by atoms with van der Waals surface area (Å²) in [7, 11) is 4.92. The first-order chi connectivity index (χ1) is 15.1. The molecule has 0 bridgehead atoms. The fourth-order valence-electron chi connectivity index (χ4n) is 4.23. The number of nitrogens with one attached hydrogen (secondary N) is 1. The minimum Gasteiger partial charge on any atom is -0.497 e. The topological polar surface area (TPSA) is 63.8 Å². The Hall–Kier alpha value is -3.41. The summed E-state index contributed by atoms with van der Waals surface area (Å²) in [6, 6.07) is 11.6. The molecule has 1 saturated heterocycles. The monoisotopic (exact) mass is 420 g/mol. The summed E-state index contributed by atoms with van der Waals surface area (Å²) in [6.07, 6.45) is 7.38. The predicted molar refractivity (Wildman–Crippen MR) is 122 cm³/mol. The summed E-state index contributed by atoms with van der Waals surface area (Å²) in [5, 5.41) is 1.20. The summed E-state index contributed by atoms with van der Waals surface area (Å²) < 4.78 is 16.0. The van der Waals surface area contributed by atoms with Gasteiger partial charge in [-0.15, -0.1) is 0 Å². The van der Waals surface area contributed by atoms with Crippen LogP contribution in [-0.4, -0.2) is 50.2 Å². The Kier molecular flexibility index (Phi) is 6.16. The molecule has 1 fully saturated rings. The smallest absolute Gasteiger partial charge is 0.246 e. The third-order valence-corrected chi connectivity index (χ3v) is 6.01. The van der Waals surface area contributed by atoms with E-state index in [1.165, 1.54) is 10.9 Å². The molecule has 1 amide bonds. The van der Waals surface area contributed by atoms with Gasteiger partial charge in [-0.05, 0) is 66.8 Å². The van der Waals surface area contributed by atoms with E-state index in [-0.39, 0.29) is 5.91 Å². The van der Waals surface area contributed by atoms with Crippen molar-refractivity contribution in [3.63, 3.8) is 0 Å². The van der Waals surface area contributed by atoms with Crippen molar-refractivity contribution in [3.8, 4) is 17.2 Å². The van der Waals surface area contributed by atoms with Crippen molar-refractivity contribution in [3.05, 3.63) is 59.8 Å². The molecule has 1 aliphatic heterocycles. The molecule has 1 N–H and O–H groups in total. The molecule has 0 atom stereocenters. The number of aromatic amines is 1. The van der Waals surface area contributed by atoms with Crippen LogP contribution in [0.3, 0.4) is 0 Å². The average molecular weight is 421 g/mol. The van der Waals surface area contributed by atoms with E-state index < -0.39 is 0 Å². The van der Waals surface area contributed by atoms with Crippen LogP contribution in [0.25, 0.3) is 17.0 Å². The van der Waals surface area contributed by atoms with Crippen LogP contribution in [0.5, 0.6) is 17.2 Å². The van der Waals surface area contributed by atoms with E-state index in [2.05, 4.69) is 17.2 Å². The summed E-state index contributed by atoms with van der Waals surface area (Å²) >= 11 is 0. The van der Waals surface area contributed by atoms with Crippen LogP contribution in [0.2, 0.25) is 0 Å². The average Bonchev–Trinajstić information content (AvgIpc) is 3.25. The first-order valence-corrected chi connectivity index (χ1v) is 10.5. The van der Waals surface area contributed by atoms with Gasteiger partial charge in [0.05, 0.1) is 21.3 Å². The Morgan fingerprint density at radius 1 is 1.00 bits per heavy atom. The minimum absolute atomic E-state index is 0.0175. The van der Waals surface area contributed by atoms with Gasteiger partial charge < -0.3 is 24.1 Å². The Balaban J connectivity index is 1.42. The molecule has 3 aromatic rings. The van der Waals surface area contributed by atoms with Crippen LogP contribution in [0, 0.1) is 0 Å². The second kappa shape index (κ2) is 9.16. The number of nitrogens with zero attached hydrogens (tertiary/aromatic N) is 1. The number of carbonyl (C=O) groups excluding carboxylic acids is 1. The number of piperidine rings is 1. The van der Waals surface area contributed by atoms with Gasteiger partial charge >= 0.3 is 0 Å². The number of carbonyl (C=O) groups is 1. The van der Waals surface area contributed by atoms with Gasteiger partial charge in [0.25, 0.3) is 0 Å². The molecule has 0 unspecified atom stereocenters. The number of H-pyrrole nitrogens is 1. The van der Waals surface area contributed by atoms with Crippen LogP contribution >= 0.6 is 0 Å². The fourth-order valence-corrected chi connectivity index (χ4v) is 4.23. The maximum atomic E-state index is 12.8. The second-order valence-electron chi connectivity index (χ2n) is 7.70. The summed E-state index contributed by atoms with van der Waals surface area (Å²) in [6.45, 7) is 1.47. The highest BCUT2D eigenvalue weighted by Gasteiger charge is 2.24. The molecule has 2 heterocycles. The largest absolute Gasteiger partial charge is 0.497 e. The Morgan fingerprint density at radius 2 is 1.71 bits per heavy atom. The quantitative estimate of drug-likeness (QED) is 0.592. The van der Waals surface area contributed by atoms with Crippen LogP contribution in [0.15, 0.2) is 48.7 Å². The van der Waals surface area contributed by atoms with Crippen LogP contribution in [0.1, 0.15) is 29.9 Å². The summed E-state index contributed by atoms with van der Waals surface area (Å²) in [4.78, 5) is 18.0. The number of methoxy groups -OCH3 is 3. The zero-order chi connectivity index (χ0) is 21.8. The molecule has 162 valence electrons. The molecule has 31 heavy (non-hydrogen) atoms. The number of likely N-dealkylation sites (tertiary alicyclic amines) is 1. The molecule has 0 aliphatic carbocycles. The van der Waals surface area contributed by atoms with E-state index in [9.17, 15) is 4.79 Å². The second-order valence-corrected chi connectivity index (χ2v) is 7.70. The van der Waals surface area contributed by atoms with Gasteiger partial charge in [-0.2, -0.15) is 0 Å². The van der Waals surface area contributed by atoms with Crippen molar-refractivity contribution in [2.24, 2.45) is 0 Å². The molecule has 6 heteroatoms. The highest BCUT2D eigenvalue weighted by molar-refractivity contribution is 5.92. The third-order valence-electron chi connectivity index (χ3n) is 6.01. The van der Waals surface area contributed by atoms with E-state index in [0.717, 1.165) is 48.5 Å². The molecule has 4 rings (SSSR count). The molecule has 0 radical (unpaired) electrons. The van der Waals surface area contributed by atoms with Crippen molar-refractivity contribution in [1.82, 2.24) is 9.88 Å². The minimum atomic E-state index is 0.0175. The van der Waals surface area contributed by atoms with Gasteiger partial charge in [0.15, 0.2) is 0 Å². The van der Waals surface area contributed by atoms with E-state index in [0.29, 0.717) is 11.7 Å². The molecular weight excluding hydrogens is 392 g/mol. The van der Waals surface area contributed by atoms with Crippen molar-refractivity contribution in [2.45, 2.75) is 18.8 Å². The van der Waals surface area contributed by atoms with Gasteiger partial charge in [0, 0.05) is 41.8 Å². The summed E-state index contributed by atoms with van der Waals surface area (Å²) in [5.74, 6) is 2.73. The van der Waals surface area contributed by atoms with Crippen molar-refractivity contribution in [2.75, 3.05) is 34.4 Å². The molecule has 0 saturated carbocycles. The van der Waals surface area contributed by atoms with Crippen LogP contribution in [0.4, 0.5) is 0 Å². The molecule has 0 spiro atoms. The van der Waals surface area contributed by atoms with Crippen LogP contribution in [-0.2, 0) is 4.79 Å². The van der Waals surface area contributed by atoms with Crippen molar-refractivity contribution in [1.29, 1.82) is 0 Å². The Labute approximate surface area is 182 Å². The molecule has 1 aliphatic rings. The molecule has 6 nitrogen and oxygen atoms in total. The maximum absolute atomic E-state index is 12.8. The number of aromatic nitrogens is 1. The summed E-state index contributed by atoms with van der Waals surface area (Å²) in [5.41, 5.74) is 3.24. The van der Waals surface area contributed by atoms with Crippen molar-refractivity contribution < 1.29 is 19.0 Å². The number of rotatable bonds is 6. The van der Waals surface area contributed by atoms with E-state index in [4.69, 9.17) is 14.2 Å². The number of amides is 1. The number of fused-ring (bicyclic) bond motifs is 1. The fraction of sp³-hybridized carbons (Fsp3) is 0.320. The first-order valence-electron chi connectivity index (χ1n) is 10.5. The number of hydrogen-bond acceptors (Lipinski definition) is 4. The lowest BCUT2D eigenvalue weighted by atomic mass is 9.89. The molecule has 2 aromatic carbocycles. The Morgan fingerprint density at radius 3 is 2.42 bits per heavy atom. The normalized spacial score (nSPS) is 14.9. The lowest BCUT2D eigenvalue weighted by molar-refractivity contribution is -0.126. The first kappa shape index (κ1) is 20.8. The van der Waals surface area contributed by atoms with Crippen LogP contribution < -0.4 is 14.2 Å². The number of ether oxygens (including phenoxy) is 3. The molecular formula is C25H28N2O4. The molecule has 1 aromatic heterocycles. The number of benzene rings is 2. The van der Waals surface area contributed by atoms with Gasteiger partial charge in [-0.3, -0.25) is 4.79 Å². The van der Waals surface area contributed by atoms with Gasteiger partial charge in [0.2, 0.25) is 5.91 Å². The predicted octanol–water partition coefficient (Wildman–Crippen LogP) is 4.61. The van der Waals surface area contributed by atoms with E-state index >= 15 is 0 Å². The lowest BCUT2D eigenvalue weighted by Crippen LogP contribution is -2.36. The standard InChI is InChI=1S/C25H28N2O4/c1-29-19-6-8-24(31-3)18(14-19)4-9-25(28)27-12-10-17(11-13-27)22-16-26-23-7-5-20(30-2)15-21(22)23/h4-9,14-17,26H,10-13H2,1-3H3/b9-4+. The van der Waals surface area contributed by atoms with E-state index in [1.54, 1.807) is 33.5 Å². The maximum Gasteiger partial charge on any atom is 0.246 e. The highest BCUT2D eigenvalue weighted by atomic mass is 16.5. The zero-order valence-corrected chi connectivity index (χ0v) is 18.2. The van der Waals surface area contributed by atoms with Gasteiger partial charge in [0.1, 0.15) is 17.2 Å². The Bertz CT molecular complexity index is 1090. The highest BCUT2D eigenvalue weighted by Crippen LogP contribution is 2.35. The number of hydrogen-bond donors (Lipinski definition) is 1. The van der Waals surface area contributed by atoms with E-state index in [1.807, 2.05) is 35.2 Å². The van der Waals surface area contributed by atoms with Gasteiger partial charge in [-0.25, -0.2) is 0 Å². The van der Waals surface area contributed by atoms with Gasteiger partial charge in [-0.1, -0.05) is 0 Å². The van der Waals surface area contributed by atoms with Crippen molar-refractivity contribution >= 4 is 22.9 Å². The lowest BCUT2D eigenvalue weighted by Gasteiger charge is -2.31. The third kappa shape index (κ3) is 4.38.